The largest absolute Gasteiger partial charge is 0.350 e. The van der Waals surface area contributed by atoms with E-state index >= 15 is 0 Å². The second kappa shape index (κ2) is 6.07. The predicted octanol–water partition coefficient (Wildman–Crippen LogP) is 2.50. The summed E-state index contributed by atoms with van der Waals surface area (Å²) in [5.41, 5.74) is 1.19. The highest BCUT2D eigenvalue weighted by molar-refractivity contribution is 7.98. The summed E-state index contributed by atoms with van der Waals surface area (Å²) in [6.07, 6.45) is 4.84. The van der Waals surface area contributed by atoms with E-state index in [1.165, 1.54) is 23.4 Å². The predicted molar refractivity (Wildman–Crippen MR) is 78.4 cm³/mol. The van der Waals surface area contributed by atoms with Crippen LogP contribution in [0.2, 0.25) is 0 Å². The zero-order chi connectivity index (χ0) is 12.3. The fraction of sp³-hybridized carbons (Fsp3) is 0.750. The van der Waals surface area contributed by atoms with Crippen molar-refractivity contribution in [3.05, 3.63) is 10.6 Å². The van der Waals surface area contributed by atoms with Crippen LogP contribution in [0.25, 0.3) is 0 Å². The van der Waals surface area contributed by atoms with Crippen LogP contribution >= 0.6 is 23.1 Å². The SMILES string of the molecule is CSCCN(C)c1nc(C)c(CNC2CC2)s1. The Labute approximate surface area is 112 Å². The number of hydrogen-bond acceptors (Lipinski definition) is 5. The van der Waals surface area contributed by atoms with Gasteiger partial charge in [0.2, 0.25) is 0 Å². The van der Waals surface area contributed by atoms with Gasteiger partial charge < -0.3 is 10.2 Å². The first-order valence-electron chi connectivity index (χ1n) is 6.10. The first kappa shape index (κ1) is 13.2. The molecule has 1 aromatic rings. The molecule has 0 spiro atoms. The maximum atomic E-state index is 4.66. The molecule has 0 amide bonds. The Morgan fingerprint density at radius 1 is 1.53 bits per heavy atom. The van der Waals surface area contributed by atoms with Crippen LogP contribution in [-0.2, 0) is 6.54 Å². The zero-order valence-electron chi connectivity index (χ0n) is 10.8. The topological polar surface area (TPSA) is 28.2 Å². The summed E-state index contributed by atoms with van der Waals surface area (Å²) in [5, 5.41) is 4.71. The summed E-state index contributed by atoms with van der Waals surface area (Å²) in [4.78, 5) is 8.31. The fourth-order valence-corrected chi connectivity index (χ4v) is 3.04. The van der Waals surface area contributed by atoms with Crippen molar-refractivity contribution in [2.24, 2.45) is 0 Å². The van der Waals surface area contributed by atoms with Crippen LogP contribution in [0.1, 0.15) is 23.4 Å². The van der Waals surface area contributed by atoms with Crippen molar-refractivity contribution in [1.29, 1.82) is 0 Å². The molecule has 96 valence electrons. The Balaban J connectivity index is 1.91. The van der Waals surface area contributed by atoms with Gasteiger partial charge in [0.15, 0.2) is 5.13 Å². The number of thiazole rings is 1. The van der Waals surface area contributed by atoms with Gasteiger partial charge in [-0.25, -0.2) is 4.98 Å². The number of hydrogen-bond donors (Lipinski definition) is 1. The molecule has 1 fully saturated rings. The zero-order valence-corrected chi connectivity index (χ0v) is 12.5. The monoisotopic (exact) mass is 271 g/mol. The number of aryl methyl sites for hydroxylation is 1. The van der Waals surface area contributed by atoms with Gasteiger partial charge in [0.1, 0.15) is 0 Å². The van der Waals surface area contributed by atoms with E-state index in [0.717, 1.165) is 30.0 Å². The minimum atomic E-state index is 0.772. The van der Waals surface area contributed by atoms with Gasteiger partial charge in [-0.2, -0.15) is 11.8 Å². The average Bonchev–Trinajstić information content (AvgIpc) is 3.07. The van der Waals surface area contributed by atoms with Crippen LogP contribution in [0.15, 0.2) is 0 Å². The number of thioether (sulfide) groups is 1. The first-order chi connectivity index (χ1) is 8.20. The molecule has 0 saturated heterocycles. The standard InChI is InChI=1S/C12H21N3S2/c1-9-11(8-13-10-4-5-10)17-12(14-9)15(2)6-7-16-3/h10,13H,4-8H2,1-3H3. The maximum absolute atomic E-state index is 4.66. The number of nitrogens with zero attached hydrogens (tertiary/aromatic N) is 2. The highest BCUT2D eigenvalue weighted by atomic mass is 32.2. The summed E-state index contributed by atoms with van der Waals surface area (Å²) in [5.74, 6) is 1.16. The Morgan fingerprint density at radius 2 is 2.29 bits per heavy atom. The van der Waals surface area contributed by atoms with Gasteiger partial charge in [-0.1, -0.05) is 0 Å². The second-order valence-corrected chi connectivity index (χ2v) is 6.62. The highest BCUT2D eigenvalue weighted by Gasteiger charge is 2.21. The molecule has 1 saturated carbocycles. The van der Waals surface area contributed by atoms with Gasteiger partial charge in [0, 0.05) is 36.8 Å². The van der Waals surface area contributed by atoms with E-state index in [9.17, 15) is 0 Å². The normalized spacial score (nSPS) is 15.2. The molecule has 1 aromatic heterocycles. The van der Waals surface area contributed by atoms with E-state index in [4.69, 9.17) is 0 Å². The third-order valence-electron chi connectivity index (χ3n) is 2.97. The highest BCUT2D eigenvalue weighted by Crippen LogP contribution is 2.27. The van der Waals surface area contributed by atoms with E-state index < -0.39 is 0 Å². The molecule has 0 aliphatic heterocycles. The van der Waals surface area contributed by atoms with Crippen molar-refractivity contribution in [1.82, 2.24) is 10.3 Å². The van der Waals surface area contributed by atoms with Crippen LogP contribution in [-0.4, -0.2) is 36.6 Å². The van der Waals surface area contributed by atoms with Gasteiger partial charge >= 0.3 is 0 Å². The van der Waals surface area contributed by atoms with Crippen LogP contribution in [0.3, 0.4) is 0 Å². The van der Waals surface area contributed by atoms with Crippen LogP contribution in [0.4, 0.5) is 5.13 Å². The van der Waals surface area contributed by atoms with Crippen LogP contribution in [0, 0.1) is 6.92 Å². The minimum Gasteiger partial charge on any atom is -0.350 e. The summed E-state index contributed by atoms with van der Waals surface area (Å²) < 4.78 is 0. The van der Waals surface area contributed by atoms with Crippen molar-refractivity contribution < 1.29 is 0 Å². The van der Waals surface area contributed by atoms with Crippen molar-refractivity contribution in [3.8, 4) is 0 Å². The molecule has 3 nitrogen and oxygen atoms in total. The van der Waals surface area contributed by atoms with Crippen molar-refractivity contribution in [2.45, 2.75) is 32.4 Å². The Kier molecular flexibility index (Phi) is 4.70. The minimum absolute atomic E-state index is 0.772. The molecule has 0 bridgehead atoms. The van der Waals surface area contributed by atoms with Crippen molar-refractivity contribution >= 4 is 28.2 Å². The summed E-state index contributed by atoms with van der Waals surface area (Å²) in [6.45, 7) is 4.18. The lowest BCUT2D eigenvalue weighted by Gasteiger charge is -2.14. The third-order valence-corrected chi connectivity index (χ3v) is 4.83. The van der Waals surface area contributed by atoms with Crippen molar-refractivity contribution in [3.63, 3.8) is 0 Å². The molecule has 0 atom stereocenters. The Bertz CT molecular complexity index is 361. The molecule has 5 heteroatoms. The molecule has 2 rings (SSSR count). The molecular formula is C12H21N3S2. The summed E-state index contributed by atoms with van der Waals surface area (Å²) >= 11 is 3.71. The summed E-state index contributed by atoms with van der Waals surface area (Å²) in [7, 11) is 2.13. The van der Waals surface area contributed by atoms with Gasteiger partial charge in [0.25, 0.3) is 0 Å². The second-order valence-electron chi connectivity index (χ2n) is 4.57. The molecule has 1 aliphatic rings. The Hall–Kier alpha value is -0.260. The smallest absolute Gasteiger partial charge is 0.185 e. The van der Waals surface area contributed by atoms with E-state index in [-0.39, 0.29) is 0 Å². The first-order valence-corrected chi connectivity index (χ1v) is 8.31. The quantitative estimate of drug-likeness (QED) is 0.825. The Morgan fingerprint density at radius 3 is 2.94 bits per heavy atom. The molecule has 1 N–H and O–H groups in total. The van der Waals surface area contributed by atoms with E-state index in [1.807, 2.05) is 23.1 Å². The van der Waals surface area contributed by atoms with Crippen LogP contribution < -0.4 is 10.2 Å². The molecular weight excluding hydrogens is 250 g/mol. The van der Waals surface area contributed by atoms with Gasteiger partial charge in [0.05, 0.1) is 5.69 Å². The number of anilines is 1. The van der Waals surface area contributed by atoms with E-state index in [0.29, 0.717) is 0 Å². The van der Waals surface area contributed by atoms with Crippen LogP contribution in [0.5, 0.6) is 0 Å². The van der Waals surface area contributed by atoms with Crippen molar-refractivity contribution in [2.75, 3.05) is 30.5 Å². The molecule has 17 heavy (non-hydrogen) atoms. The molecule has 0 radical (unpaired) electrons. The number of aromatic nitrogens is 1. The fourth-order valence-electron chi connectivity index (χ4n) is 1.59. The lowest BCUT2D eigenvalue weighted by molar-refractivity contribution is 0.691. The molecule has 0 aromatic carbocycles. The van der Waals surface area contributed by atoms with E-state index in [2.05, 4.69) is 35.4 Å². The lowest BCUT2D eigenvalue weighted by Crippen LogP contribution is -2.19. The molecule has 1 heterocycles. The van der Waals surface area contributed by atoms with Gasteiger partial charge in [-0.3, -0.25) is 0 Å². The van der Waals surface area contributed by atoms with Gasteiger partial charge in [-0.05, 0) is 26.0 Å². The number of nitrogens with one attached hydrogen (secondary N) is 1. The third kappa shape index (κ3) is 3.86. The summed E-state index contributed by atoms with van der Waals surface area (Å²) in [6, 6.07) is 0.772. The molecule has 1 aliphatic carbocycles. The average molecular weight is 271 g/mol. The van der Waals surface area contributed by atoms with Gasteiger partial charge in [-0.15, -0.1) is 11.3 Å². The molecule has 0 unspecified atom stereocenters. The number of rotatable bonds is 7. The maximum Gasteiger partial charge on any atom is 0.185 e. The van der Waals surface area contributed by atoms with E-state index in [1.54, 1.807) is 0 Å². The lowest BCUT2D eigenvalue weighted by atomic mass is 10.4.